The molecule has 8 aromatic carbocycles. The van der Waals surface area contributed by atoms with Gasteiger partial charge in [-0.2, -0.15) is 0 Å². The smallest absolute Gasteiger partial charge is 0.164 e. The fourth-order valence-electron chi connectivity index (χ4n) is 9.17. The first kappa shape index (κ1) is 36.9. The Bertz CT molecular complexity index is 3410. The van der Waals surface area contributed by atoms with Crippen LogP contribution in [0, 0.1) is 0 Å². The highest BCUT2D eigenvalue weighted by Crippen LogP contribution is 2.49. The van der Waals surface area contributed by atoms with Gasteiger partial charge in [0.25, 0.3) is 0 Å². The number of pyridine rings is 1. The Morgan fingerprint density at radius 2 is 0.921 bits per heavy atom. The summed E-state index contributed by atoms with van der Waals surface area (Å²) in [6.45, 7) is 0. The van der Waals surface area contributed by atoms with Gasteiger partial charge >= 0.3 is 0 Å². The molecule has 1 aliphatic carbocycles. The van der Waals surface area contributed by atoms with E-state index in [-0.39, 0.29) is 5.92 Å². The van der Waals surface area contributed by atoms with Crippen molar-refractivity contribution in [2.45, 2.75) is 12.3 Å². The van der Waals surface area contributed by atoms with E-state index < -0.39 is 0 Å². The van der Waals surface area contributed by atoms with Gasteiger partial charge < -0.3 is 0 Å². The van der Waals surface area contributed by atoms with Crippen LogP contribution < -0.4 is 0 Å². The molecule has 0 aliphatic heterocycles. The van der Waals surface area contributed by atoms with Crippen molar-refractivity contribution < 1.29 is 0 Å². The minimum absolute atomic E-state index is 0.177. The van der Waals surface area contributed by atoms with Gasteiger partial charge in [-0.25, -0.2) is 19.9 Å². The number of hydrogen-bond acceptors (Lipinski definition) is 5. The van der Waals surface area contributed by atoms with Gasteiger partial charge in [-0.1, -0.05) is 194 Å². The molecule has 0 fully saturated rings. The third-order valence-corrected chi connectivity index (χ3v) is 13.6. The van der Waals surface area contributed by atoms with Gasteiger partial charge in [0, 0.05) is 59.3 Å². The summed E-state index contributed by atoms with van der Waals surface area (Å²) in [7, 11) is 0. The zero-order valence-corrected chi connectivity index (χ0v) is 35.0. The van der Waals surface area contributed by atoms with Crippen LogP contribution in [0.2, 0.25) is 0 Å². The van der Waals surface area contributed by atoms with Gasteiger partial charge in [0.15, 0.2) is 17.5 Å². The van der Waals surface area contributed by atoms with Crippen LogP contribution in [0.4, 0.5) is 0 Å². The van der Waals surface area contributed by atoms with E-state index in [1.54, 1.807) is 0 Å². The van der Waals surface area contributed by atoms with Crippen LogP contribution >= 0.6 is 11.3 Å². The fourth-order valence-corrected chi connectivity index (χ4v) is 10.5. The van der Waals surface area contributed by atoms with Crippen molar-refractivity contribution in [3.05, 3.63) is 222 Å². The number of para-hydroxylation sites is 1. The maximum Gasteiger partial charge on any atom is 0.164 e. The molecule has 1 unspecified atom stereocenters. The lowest BCUT2D eigenvalue weighted by Gasteiger charge is -2.20. The minimum atomic E-state index is 0.177. The average molecular weight is 823 g/mol. The Kier molecular flexibility index (Phi) is 9.12. The van der Waals surface area contributed by atoms with E-state index in [9.17, 15) is 0 Å². The van der Waals surface area contributed by atoms with Crippen LogP contribution in [0.5, 0.6) is 0 Å². The van der Waals surface area contributed by atoms with E-state index in [0.29, 0.717) is 17.5 Å². The summed E-state index contributed by atoms with van der Waals surface area (Å²) in [6, 6.07) is 70.5. The summed E-state index contributed by atoms with van der Waals surface area (Å²) >= 11 is 1.91. The van der Waals surface area contributed by atoms with Gasteiger partial charge in [-0.3, -0.25) is 0 Å². The number of hydrogen-bond donors (Lipinski definition) is 0. The average Bonchev–Trinajstić information content (AvgIpc) is 3.76. The number of allylic oxidation sites excluding steroid dienone is 1. The highest BCUT2D eigenvalue weighted by molar-refractivity contribution is 7.19. The van der Waals surface area contributed by atoms with Gasteiger partial charge in [0.05, 0.1) is 11.2 Å². The van der Waals surface area contributed by atoms with Gasteiger partial charge in [0.2, 0.25) is 0 Å². The van der Waals surface area contributed by atoms with E-state index in [1.165, 1.54) is 53.4 Å². The van der Waals surface area contributed by atoms with Gasteiger partial charge in [0.1, 0.15) is 0 Å². The number of nitrogens with zero attached hydrogens (tertiary/aromatic N) is 4. The lowest BCUT2D eigenvalue weighted by atomic mass is 9.85. The first-order valence-corrected chi connectivity index (χ1v) is 22.2. The van der Waals surface area contributed by atoms with Crippen molar-refractivity contribution in [2.75, 3.05) is 0 Å². The molecule has 0 amide bonds. The molecule has 296 valence electrons. The predicted octanol–water partition coefficient (Wildman–Crippen LogP) is 15.3. The monoisotopic (exact) mass is 822 g/mol. The molecule has 63 heavy (non-hydrogen) atoms. The molecule has 0 spiro atoms. The van der Waals surface area contributed by atoms with E-state index in [1.807, 2.05) is 23.5 Å². The molecule has 5 heteroatoms. The number of rotatable bonds is 7. The zero-order valence-electron chi connectivity index (χ0n) is 34.2. The van der Waals surface area contributed by atoms with E-state index >= 15 is 0 Å². The normalized spacial score (nSPS) is 13.4. The van der Waals surface area contributed by atoms with Crippen molar-refractivity contribution >= 4 is 49.2 Å². The molecule has 0 saturated heterocycles. The van der Waals surface area contributed by atoms with E-state index in [2.05, 4.69) is 200 Å². The molecule has 0 bridgehead atoms. The largest absolute Gasteiger partial charge is 0.247 e. The number of fused-ring (bicyclic) bond motifs is 7. The SMILES string of the molecule is C1=Cc2c(sc3ccc4c(-c5ccccc5)nc5ccccc5c4c23)C(c2cccc(-c3nc(-c4ccc(-c5ccccc5)cc4)nc(-c4ccc(-c5ccccc5)cc4)n3)c2)C1. The first-order valence-electron chi connectivity index (χ1n) is 21.4. The van der Waals surface area contributed by atoms with Gasteiger partial charge in [-0.05, 0) is 58.0 Å². The maximum absolute atomic E-state index is 5.23. The summed E-state index contributed by atoms with van der Waals surface area (Å²) in [6.07, 6.45) is 5.61. The molecule has 12 rings (SSSR count). The Hall–Kier alpha value is -7.86. The van der Waals surface area contributed by atoms with Crippen LogP contribution in [-0.2, 0) is 0 Å². The van der Waals surface area contributed by atoms with Crippen molar-refractivity contribution in [3.63, 3.8) is 0 Å². The zero-order chi connectivity index (χ0) is 41.7. The Morgan fingerprint density at radius 1 is 0.397 bits per heavy atom. The molecule has 1 atom stereocenters. The van der Waals surface area contributed by atoms with Crippen LogP contribution in [0.15, 0.2) is 206 Å². The van der Waals surface area contributed by atoms with E-state index in [0.717, 1.165) is 51.0 Å². The lowest BCUT2D eigenvalue weighted by Crippen LogP contribution is -2.04. The lowest BCUT2D eigenvalue weighted by molar-refractivity contribution is 0.840. The highest BCUT2D eigenvalue weighted by Gasteiger charge is 2.26. The van der Waals surface area contributed by atoms with E-state index in [4.69, 9.17) is 19.9 Å². The quantitative estimate of drug-likeness (QED) is 0.150. The predicted molar refractivity (Wildman–Crippen MR) is 263 cm³/mol. The molecule has 3 aromatic heterocycles. The summed E-state index contributed by atoms with van der Waals surface area (Å²) in [4.78, 5) is 22.1. The number of thiophene rings is 1. The van der Waals surface area contributed by atoms with Crippen LogP contribution in [0.1, 0.15) is 28.3 Å². The number of benzene rings is 8. The molecule has 1 aliphatic rings. The third-order valence-electron chi connectivity index (χ3n) is 12.3. The van der Waals surface area contributed by atoms with Crippen LogP contribution in [0.25, 0.3) is 106 Å². The van der Waals surface area contributed by atoms with Crippen molar-refractivity contribution in [2.24, 2.45) is 0 Å². The highest BCUT2D eigenvalue weighted by atomic mass is 32.1. The molecule has 0 saturated carbocycles. The topological polar surface area (TPSA) is 51.6 Å². The molecule has 3 heterocycles. The summed E-state index contributed by atoms with van der Waals surface area (Å²) in [5.41, 5.74) is 13.2. The second-order valence-electron chi connectivity index (χ2n) is 16.1. The Morgan fingerprint density at radius 3 is 1.56 bits per heavy atom. The molecule has 0 N–H and O–H groups in total. The molecule has 0 radical (unpaired) electrons. The minimum Gasteiger partial charge on any atom is -0.247 e. The first-order chi connectivity index (χ1) is 31.2. The standard InChI is InChI=1S/C58H38N4S/c1-4-14-37(15-5-1)39-26-30-42(31-27-39)56-60-57(43-32-28-40(29-33-43)38-16-6-2-7-17-38)62-58(61-56)45-21-12-20-44(36-45)46-23-13-24-49-53-51(63-55(46)49)35-34-48-52(53)47-22-10-11-25-50(47)59-54(48)41-18-8-3-9-19-41/h1-22,24-36,46H,23H2. The Balaban J connectivity index is 0.971. The maximum atomic E-state index is 5.23. The Labute approximate surface area is 369 Å². The van der Waals surface area contributed by atoms with Crippen molar-refractivity contribution in [1.29, 1.82) is 0 Å². The molecule has 11 aromatic rings. The number of aromatic nitrogens is 4. The van der Waals surface area contributed by atoms with Gasteiger partial charge in [-0.15, -0.1) is 11.3 Å². The summed E-state index contributed by atoms with van der Waals surface area (Å²) in [5.74, 6) is 2.11. The third kappa shape index (κ3) is 6.71. The summed E-state index contributed by atoms with van der Waals surface area (Å²) in [5, 5.41) is 4.94. The van der Waals surface area contributed by atoms with Crippen LogP contribution in [0.3, 0.4) is 0 Å². The van der Waals surface area contributed by atoms with Crippen molar-refractivity contribution in [1.82, 2.24) is 19.9 Å². The molecular weight excluding hydrogens is 785 g/mol. The fraction of sp³-hybridized carbons (Fsp3) is 0.0345. The second-order valence-corrected chi connectivity index (χ2v) is 17.2. The van der Waals surface area contributed by atoms with Crippen molar-refractivity contribution in [3.8, 4) is 67.7 Å². The summed E-state index contributed by atoms with van der Waals surface area (Å²) < 4.78 is 1.29. The molecular formula is C58H38N4S. The molecule has 4 nitrogen and oxygen atoms in total. The second kappa shape index (κ2) is 15.6. The van der Waals surface area contributed by atoms with Crippen LogP contribution in [-0.4, -0.2) is 19.9 Å².